The van der Waals surface area contributed by atoms with Crippen molar-refractivity contribution in [3.63, 3.8) is 0 Å². The Bertz CT molecular complexity index is 809. The highest BCUT2D eigenvalue weighted by Gasteiger charge is 2.10. The number of carbonyl (C=O) groups is 1. The number of ether oxygens (including phenoxy) is 1. The zero-order valence-electron chi connectivity index (χ0n) is 13.0. The summed E-state index contributed by atoms with van der Waals surface area (Å²) in [5, 5.41) is 4.45. The van der Waals surface area contributed by atoms with Gasteiger partial charge in [-0.15, -0.1) is 11.3 Å². The Morgan fingerprint density at radius 1 is 1.30 bits per heavy atom. The number of aryl methyl sites for hydroxylation is 2. The molecule has 3 rings (SSSR count). The molecule has 5 nitrogen and oxygen atoms in total. The van der Waals surface area contributed by atoms with Gasteiger partial charge in [-0.3, -0.25) is 9.67 Å². The van der Waals surface area contributed by atoms with E-state index >= 15 is 0 Å². The fraction of sp³-hybridized carbons (Fsp3) is 0.235. The van der Waals surface area contributed by atoms with E-state index in [9.17, 15) is 4.79 Å². The topological polar surface area (TPSA) is 57.0 Å². The molecule has 0 fully saturated rings. The summed E-state index contributed by atoms with van der Waals surface area (Å²) >= 11 is 1.47. The lowest BCUT2D eigenvalue weighted by molar-refractivity contribution is 0.0476. The molecular weight excluding hydrogens is 310 g/mol. The minimum absolute atomic E-state index is 0.255. The largest absolute Gasteiger partial charge is 0.456 e. The zero-order chi connectivity index (χ0) is 16.2. The van der Waals surface area contributed by atoms with Crippen LogP contribution in [0.25, 0.3) is 0 Å². The smallest absolute Gasteiger partial charge is 0.338 e. The predicted octanol–water partition coefficient (Wildman–Crippen LogP) is 3.36. The van der Waals surface area contributed by atoms with Crippen molar-refractivity contribution >= 4 is 17.3 Å². The van der Waals surface area contributed by atoms with E-state index in [4.69, 9.17) is 4.74 Å². The highest BCUT2D eigenvalue weighted by molar-refractivity contribution is 7.09. The van der Waals surface area contributed by atoms with Crippen LogP contribution in [0.1, 0.15) is 32.2 Å². The quantitative estimate of drug-likeness (QED) is 0.674. The van der Waals surface area contributed by atoms with Crippen LogP contribution in [0.15, 0.2) is 42.0 Å². The first kappa shape index (κ1) is 15.4. The molecule has 1 aromatic carbocycles. The van der Waals surface area contributed by atoms with Crippen molar-refractivity contribution < 1.29 is 9.53 Å². The van der Waals surface area contributed by atoms with Crippen LogP contribution in [-0.2, 0) is 17.9 Å². The van der Waals surface area contributed by atoms with Crippen LogP contribution in [0.4, 0.5) is 0 Å². The van der Waals surface area contributed by atoms with Crippen molar-refractivity contribution in [1.29, 1.82) is 0 Å². The van der Waals surface area contributed by atoms with Crippen molar-refractivity contribution in [2.75, 3.05) is 0 Å². The van der Waals surface area contributed by atoms with E-state index < -0.39 is 0 Å². The second-order valence-electron chi connectivity index (χ2n) is 5.33. The first-order valence-electron chi connectivity index (χ1n) is 7.26. The SMILES string of the molecule is Cc1cc(C)n(Cc2cccc(C(=O)OCc3cncs3)c2)n1. The molecule has 0 radical (unpaired) electrons. The number of thiazole rings is 1. The number of benzene rings is 1. The summed E-state index contributed by atoms with van der Waals surface area (Å²) in [5.74, 6) is -0.325. The van der Waals surface area contributed by atoms with Gasteiger partial charge in [0.15, 0.2) is 0 Å². The molecule has 0 N–H and O–H groups in total. The predicted molar refractivity (Wildman–Crippen MR) is 88.5 cm³/mol. The number of esters is 1. The van der Waals surface area contributed by atoms with Gasteiger partial charge in [0.25, 0.3) is 0 Å². The molecular formula is C17H17N3O2S. The molecule has 2 heterocycles. The van der Waals surface area contributed by atoms with Gasteiger partial charge >= 0.3 is 5.97 Å². The molecule has 0 amide bonds. The van der Waals surface area contributed by atoms with E-state index in [1.54, 1.807) is 17.8 Å². The zero-order valence-corrected chi connectivity index (χ0v) is 13.8. The van der Waals surface area contributed by atoms with Crippen LogP contribution >= 0.6 is 11.3 Å². The Morgan fingerprint density at radius 2 is 2.17 bits per heavy atom. The molecule has 6 heteroatoms. The molecule has 0 spiro atoms. The van der Waals surface area contributed by atoms with Crippen LogP contribution < -0.4 is 0 Å². The van der Waals surface area contributed by atoms with E-state index in [-0.39, 0.29) is 12.6 Å². The fourth-order valence-corrected chi connectivity index (χ4v) is 2.84. The lowest BCUT2D eigenvalue weighted by Gasteiger charge is -2.07. The summed E-state index contributed by atoms with van der Waals surface area (Å²) in [6.07, 6.45) is 1.71. The van der Waals surface area contributed by atoms with Gasteiger partial charge in [0.2, 0.25) is 0 Å². The first-order valence-corrected chi connectivity index (χ1v) is 8.14. The molecule has 2 aromatic heterocycles. The van der Waals surface area contributed by atoms with Crippen LogP contribution in [-0.4, -0.2) is 20.7 Å². The Labute approximate surface area is 138 Å². The molecule has 0 aliphatic carbocycles. The maximum Gasteiger partial charge on any atom is 0.338 e. The third-order valence-corrected chi connectivity index (χ3v) is 4.18. The fourth-order valence-electron chi connectivity index (χ4n) is 2.34. The first-order chi connectivity index (χ1) is 11.1. The summed E-state index contributed by atoms with van der Waals surface area (Å²) in [4.78, 5) is 17.0. The molecule has 0 atom stereocenters. The van der Waals surface area contributed by atoms with Gasteiger partial charge in [-0.1, -0.05) is 12.1 Å². The number of hydrogen-bond donors (Lipinski definition) is 0. The molecule has 23 heavy (non-hydrogen) atoms. The van der Waals surface area contributed by atoms with Crippen molar-refractivity contribution in [2.24, 2.45) is 0 Å². The summed E-state index contributed by atoms with van der Waals surface area (Å²) in [6.45, 7) is 4.88. The Morgan fingerprint density at radius 3 is 2.87 bits per heavy atom. The van der Waals surface area contributed by atoms with Crippen molar-refractivity contribution in [3.8, 4) is 0 Å². The minimum Gasteiger partial charge on any atom is -0.456 e. The monoisotopic (exact) mass is 327 g/mol. The third-order valence-electron chi connectivity index (χ3n) is 3.43. The lowest BCUT2D eigenvalue weighted by Crippen LogP contribution is -2.07. The van der Waals surface area contributed by atoms with Gasteiger partial charge in [0, 0.05) is 11.9 Å². The van der Waals surface area contributed by atoms with Gasteiger partial charge in [0.05, 0.1) is 28.2 Å². The maximum absolute atomic E-state index is 12.2. The Kier molecular flexibility index (Phi) is 4.52. The van der Waals surface area contributed by atoms with Crippen LogP contribution in [0.2, 0.25) is 0 Å². The molecule has 0 aliphatic heterocycles. The van der Waals surface area contributed by atoms with E-state index in [1.807, 2.05) is 42.8 Å². The van der Waals surface area contributed by atoms with E-state index in [0.29, 0.717) is 12.1 Å². The minimum atomic E-state index is -0.325. The maximum atomic E-state index is 12.2. The average molecular weight is 327 g/mol. The number of aromatic nitrogens is 3. The second kappa shape index (κ2) is 6.75. The van der Waals surface area contributed by atoms with Gasteiger partial charge in [-0.2, -0.15) is 5.10 Å². The standard InChI is InChI=1S/C17H17N3O2S/c1-12-6-13(2)20(19-12)9-14-4-3-5-15(7-14)17(21)22-10-16-8-18-11-23-16/h3-8,11H,9-10H2,1-2H3. The van der Waals surface area contributed by atoms with E-state index in [2.05, 4.69) is 10.1 Å². The number of rotatable bonds is 5. The molecule has 0 unspecified atom stereocenters. The Hall–Kier alpha value is -2.47. The molecule has 0 aliphatic rings. The van der Waals surface area contributed by atoms with Crippen LogP contribution in [0, 0.1) is 13.8 Å². The number of nitrogens with zero attached hydrogens (tertiary/aromatic N) is 3. The highest BCUT2D eigenvalue weighted by atomic mass is 32.1. The normalized spacial score (nSPS) is 10.7. The van der Waals surface area contributed by atoms with Crippen molar-refractivity contribution in [1.82, 2.24) is 14.8 Å². The van der Waals surface area contributed by atoms with Crippen molar-refractivity contribution in [3.05, 3.63) is 69.4 Å². The van der Waals surface area contributed by atoms with Crippen LogP contribution in [0.5, 0.6) is 0 Å². The van der Waals surface area contributed by atoms with Gasteiger partial charge in [-0.25, -0.2) is 4.79 Å². The third kappa shape index (κ3) is 3.84. The number of carbonyl (C=O) groups excluding carboxylic acids is 1. The summed E-state index contributed by atoms with van der Waals surface area (Å²) in [7, 11) is 0. The summed E-state index contributed by atoms with van der Waals surface area (Å²) < 4.78 is 7.24. The van der Waals surface area contributed by atoms with E-state index in [1.165, 1.54) is 11.3 Å². The molecule has 0 bridgehead atoms. The summed E-state index contributed by atoms with van der Waals surface area (Å²) in [5.41, 5.74) is 5.37. The van der Waals surface area contributed by atoms with Crippen molar-refractivity contribution in [2.45, 2.75) is 27.0 Å². The van der Waals surface area contributed by atoms with E-state index in [0.717, 1.165) is 21.8 Å². The average Bonchev–Trinajstić information content (AvgIpc) is 3.15. The highest BCUT2D eigenvalue weighted by Crippen LogP contribution is 2.13. The molecule has 118 valence electrons. The summed E-state index contributed by atoms with van der Waals surface area (Å²) in [6, 6.07) is 9.50. The van der Waals surface area contributed by atoms with Gasteiger partial charge in [0.1, 0.15) is 6.61 Å². The molecule has 3 aromatic rings. The molecule has 0 saturated heterocycles. The van der Waals surface area contributed by atoms with Gasteiger partial charge < -0.3 is 4.74 Å². The van der Waals surface area contributed by atoms with Crippen LogP contribution in [0.3, 0.4) is 0 Å². The second-order valence-corrected chi connectivity index (χ2v) is 6.30. The lowest BCUT2D eigenvalue weighted by atomic mass is 10.1. The Balaban J connectivity index is 1.69. The van der Waals surface area contributed by atoms with Gasteiger partial charge in [-0.05, 0) is 37.6 Å². The molecule has 0 saturated carbocycles. The number of hydrogen-bond acceptors (Lipinski definition) is 5.